The molecule has 0 aliphatic heterocycles. The summed E-state index contributed by atoms with van der Waals surface area (Å²) in [6, 6.07) is 0. The van der Waals surface area contributed by atoms with Gasteiger partial charge in [0.1, 0.15) is 0 Å². The molecule has 70 valence electrons. The SMILES string of the molecule is C=C(Br)CNc1noc(C2CC2)n1. The maximum atomic E-state index is 5.05. The molecule has 0 aromatic carbocycles. The fraction of sp³-hybridized carbons (Fsp3) is 0.500. The van der Waals surface area contributed by atoms with Crippen LogP contribution in [0, 0.1) is 0 Å². The van der Waals surface area contributed by atoms with Crippen LogP contribution in [0.25, 0.3) is 0 Å². The molecule has 1 aromatic rings. The molecule has 2 rings (SSSR count). The third kappa shape index (κ3) is 2.30. The van der Waals surface area contributed by atoms with Crippen LogP contribution in [0.2, 0.25) is 0 Å². The van der Waals surface area contributed by atoms with Crippen molar-refractivity contribution in [1.29, 1.82) is 0 Å². The van der Waals surface area contributed by atoms with Crippen molar-refractivity contribution in [2.24, 2.45) is 0 Å². The monoisotopic (exact) mass is 243 g/mol. The van der Waals surface area contributed by atoms with Crippen LogP contribution in [0.15, 0.2) is 15.6 Å². The number of nitrogens with one attached hydrogen (secondary N) is 1. The summed E-state index contributed by atoms with van der Waals surface area (Å²) in [7, 11) is 0. The van der Waals surface area contributed by atoms with Crippen LogP contribution in [0.4, 0.5) is 5.95 Å². The Balaban J connectivity index is 1.92. The normalized spacial score (nSPS) is 15.8. The molecule has 1 aliphatic rings. The molecule has 0 saturated heterocycles. The summed E-state index contributed by atoms with van der Waals surface area (Å²) in [6.07, 6.45) is 2.35. The van der Waals surface area contributed by atoms with Gasteiger partial charge in [-0.2, -0.15) is 4.98 Å². The average molecular weight is 244 g/mol. The van der Waals surface area contributed by atoms with Crippen molar-refractivity contribution in [3.63, 3.8) is 0 Å². The topological polar surface area (TPSA) is 51.0 Å². The van der Waals surface area contributed by atoms with Crippen LogP contribution >= 0.6 is 15.9 Å². The molecule has 1 fully saturated rings. The van der Waals surface area contributed by atoms with Gasteiger partial charge in [0, 0.05) is 16.9 Å². The lowest BCUT2D eigenvalue weighted by molar-refractivity contribution is 0.380. The van der Waals surface area contributed by atoms with Gasteiger partial charge in [0.05, 0.1) is 0 Å². The molecule has 1 aromatic heterocycles. The Kier molecular flexibility index (Phi) is 2.35. The Morgan fingerprint density at radius 2 is 2.46 bits per heavy atom. The minimum Gasteiger partial charge on any atom is -0.347 e. The first-order valence-corrected chi connectivity index (χ1v) is 4.96. The number of rotatable bonds is 4. The zero-order valence-corrected chi connectivity index (χ0v) is 8.67. The van der Waals surface area contributed by atoms with Crippen molar-refractivity contribution in [3.05, 3.63) is 17.0 Å². The molecule has 0 bridgehead atoms. The van der Waals surface area contributed by atoms with E-state index in [-0.39, 0.29) is 0 Å². The van der Waals surface area contributed by atoms with Gasteiger partial charge < -0.3 is 9.84 Å². The van der Waals surface area contributed by atoms with E-state index in [9.17, 15) is 0 Å². The Morgan fingerprint density at radius 3 is 3.08 bits per heavy atom. The average Bonchev–Trinajstić information content (AvgIpc) is 2.83. The number of hydrogen-bond donors (Lipinski definition) is 1. The minimum absolute atomic E-state index is 0.509. The minimum atomic E-state index is 0.509. The van der Waals surface area contributed by atoms with E-state index in [1.165, 1.54) is 12.8 Å². The van der Waals surface area contributed by atoms with Crippen molar-refractivity contribution in [3.8, 4) is 0 Å². The number of halogens is 1. The molecule has 1 N–H and O–H groups in total. The molecule has 1 aliphatic carbocycles. The highest BCUT2D eigenvalue weighted by Crippen LogP contribution is 2.39. The fourth-order valence-electron chi connectivity index (χ4n) is 0.978. The van der Waals surface area contributed by atoms with Crippen LogP contribution in [0.5, 0.6) is 0 Å². The highest BCUT2D eigenvalue weighted by molar-refractivity contribution is 9.11. The second-order valence-corrected chi connectivity index (χ2v) is 4.22. The van der Waals surface area contributed by atoms with E-state index >= 15 is 0 Å². The van der Waals surface area contributed by atoms with E-state index in [2.05, 4.69) is 38.0 Å². The van der Waals surface area contributed by atoms with Gasteiger partial charge in [0.15, 0.2) is 0 Å². The molecule has 13 heavy (non-hydrogen) atoms. The van der Waals surface area contributed by atoms with Gasteiger partial charge in [-0.05, 0) is 18.0 Å². The lowest BCUT2D eigenvalue weighted by Crippen LogP contribution is -2.01. The van der Waals surface area contributed by atoms with E-state index in [1.807, 2.05) is 0 Å². The second kappa shape index (κ2) is 3.49. The second-order valence-electron chi connectivity index (χ2n) is 3.10. The van der Waals surface area contributed by atoms with Crippen molar-refractivity contribution >= 4 is 21.9 Å². The molecule has 0 atom stereocenters. The van der Waals surface area contributed by atoms with Gasteiger partial charge in [-0.15, -0.1) is 0 Å². The van der Waals surface area contributed by atoms with Crippen molar-refractivity contribution < 1.29 is 4.52 Å². The molecule has 0 spiro atoms. The standard InChI is InChI=1S/C8H10BrN3O/c1-5(9)4-10-8-11-7(13-12-8)6-2-3-6/h6H,1-4H2,(H,10,12). The molecular weight excluding hydrogens is 234 g/mol. The van der Waals surface area contributed by atoms with E-state index in [1.54, 1.807) is 0 Å². The van der Waals surface area contributed by atoms with E-state index in [0.717, 1.165) is 10.4 Å². The molecule has 0 unspecified atom stereocenters. The Labute approximate surface area is 84.5 Å². The summed E-state index contributed by atoms with van der Waals surface area (Å²) >= 11 is 3.24. The maximum Gasteiger partial charge on any atom is 0.263 e. The third-order valence-corrected chi connectivity index (χ3v) is 2.09. The number of anilines is 1. The van der Waals surface area contributed by atoms with Crippen LogP contribution in [0.1, 0.15) is 24.7 Å². The first kappa shape index (κ1) is 8.74. The Morgan fingerprint density at radius 1 is 1.69 bits per heavy atom. The summed E-state index contributed by atoms with van der Waals surface area (Å²) in [4.78, 5) is 4.19. The van der Waals surface area contributed by atoms with Gasteiger partial charge in [-0.3, -0.25) is 0 Å². The molecule has 0 radical (unpaired) electrons. The molecule has 1 saturated carbocycles. The zero-order chi connectivity index (χ0) is 9.26. The predicted octanol–water partition coefficient (Wildman–Crippen LogP) is 2.27. The highest BCUT2D eigenvalue weighted by atomic mass is 79.9. The van der Waals surface area contributed by atoms with Crippen LogP contribution in [-0.4, -0.2) is 16.7 Å². The van der Waals surface area contributed by atoms with Crippen LogP contribution in [0.3, 0.4) is 0 Å². The lowest BCUT2D eigenvalue weighted by atomic mass is 10.4. The largest absolute Gasteiger partial charge is 0.347 e. The summed E-state index contributed by atoms with van der Waals surface area (Å²) < 4.78 is 5.92. The number of aromatic nitrogens is 2. The van der Waals surface area contributed by atoms with Crippen LogP contribution < -0.4 is 5.32 Å². The molecule has 4 nitrogen and oxygen atoms in total. The summed E-state index contributed by atoms with van der Waals surface area (Å²) in [5.74, 6) is 1.81. The number of nitrogens with zero attached hydrogens (tertiary/aromatic N) is 2. The summed E-state index contributed by atoms with van der Waals surface area (Å²) in [6.45, 7) is 4.31. The first-order valence-electron chi connectivity index (χ1n) is 4.16. The quantitative estimate of drug-likeness (QED) is 0.882. The Hall–Kier alpha value is -0.840. The van der Waals surface area contributed by atoms with E-state index < -0.39 is 0 Å². The van der Waals surface area contributed by atoms with Gasteiger partial charge in [-0.25, -0.2) is 0 Å². The van der Waals surface area contributed by atoms with E-state index in [0.29, 0.717) is 18.4 Å². The van der Waals surface area contributed by atoms with E-state index in [4.69, 9.17) is 4.52 Å². The first-order chi connectivity index (χ1) is 6.25. The maximum absolute atomic E-state index is 5.05. The summed E-state index contributed by atoms with van der Waals surface area (Å²) in [5.41, 5.74) is 0. The van der Waals surface area contributed by atoms with Gasteiger partial charge in [0.2, 0.25) is 5.89 Å². The lowest BCUT2D eigenvalue weighted by Gasteiger charge is -1.95. The van der Waals surface area contributed by atoms with Gasteiger partial charge in [0.25, 0.3) is 5.95 Å². The van der Waals surface area contributed by atoms with Crippen LogP contribution in [-0.2, 0) is 0 Å². The molecule has 1 heterocycles. The predicted molar refractivity (Wildman–Crippen MR) is 52.8 cm³/mol. The third-order valence-electron chi connectivity index (χ3n) is 1.81. The summed E-state index contributed by atoms with van der Waals surface area (Å²) in [5, 5.41) is 6.77. The molecule has 5 heteroatoms. The molecule has 0 amide bonds. The van der Waals surface area contributed by atoms with Crippen molar-refractivity contribution in [2.75, 3.05) is 11.9 Å². The Bertz CT molecular complexity index is 319. The highest BCUT2D eigenvalue weighted by Gasteiger charge is 2.29. The smallest absolute Gasteiger partial charge is 0.263 e. The van der Waals surface area contributed by atoms with Gasteiger partial charge in [-0.1, -0.05) is 22.5 Å². The van der Waals surface area contributed by atoms with Crippen molar-refractivity contribution in [2.45, 2.75) is 18.8 Å². The molecular formula is C8H10BrN3O. The fourth-order valence-corrected chi connectivity index (χ4v) is 1.12. The van der Waals surface area contributed by atoms with Gasteiger partial charge >= 0.3 is 0 Å². The van der Waals surface area contributed by atoms with Crippen molar-refractivity contribution in [1.82, 2.24) is 10.1 Å². The zero-order valence-electron chi connectivity index (χ0n) is 7.09. The number of hydrogen-bond acceptors (Lipinski definition) is 4.